The molecule has 0 aromatic heterocycles. The summed E-state index contributed by atoms with van der Waals surface area (Å²) in [5.41, 5.74) is 1.39. The maximum absolute atomic E-state index is 12.3. The van der Waals surface area contributed by atoms with Crippen LogP contribution in [-0.4, -0.2) is 36.0 Å². The highest BCUT2D eigenvalue weighted by atomic mass is 16.6. The van der Waals surface area contributed by atoms with Gasteiger partial charge in [0, 0.05) is 13.1 Å². The smallest absolute Gasteiger partial charge is 0.410 e. The molecule has 1 aliphatic heterocycles. The Morgan fingerprint density at radius 1 is 1.32 bits per heavy atom. The van der Waals surface area contributed by atoms with E-state index in [1.54, 1.807) is 4.90 Å². The van der Waals surface area contributed by atoms with Crippen molar-refractivity contribution in [2.24, 2.45) is 5.92 Å². The molecule has 1 heterocycles. The summed E-state index contributed by atoms with van der Waals surface area (Å²) in [6, 6.07) is 5.84. The van der Waals surface area contributed by atoms with Gasteiger partial charge in [-0.2, -0.15) is 0 Å². The Bertz CT molecular complexity index is 646. The van der Waals surface area contributed by atoms with Crippen LogP contribution in [0.1, 0.15) is 57.1 Å². The van der Waals surface area contributed by atoms with Crippen LogP contribution in [0.25, 0.3) is 0 Å². The maximum atomic E-state index is 12.3. The SMILES string of the molecule is CC(C)(C)OC(=O)N1Cc2ccc(OCC3CCC3)cc2C(C=O)C1. The highest BCUT2D eigenvalue weighted by molar-refractivity contribution is 5.72. The molecule has 0 bridgehead atoms. The van der Waals surface area contributed by atoms with Crippen molar-refractivity contribution in [1.29, 1.82) is 0 Å². The lowest BCUT2D eigenvalue weighted by Crippen LogP contribution is -2.41. The van der Waals surface area contributed by atoms with E-state index in [1.807, 2.05) is 39.0 Å². The lowest BCUT2D eigenvalue weighted by Gasteiger charge is -2.34. The average molecular weight is 345 g/mol. The first-order valence-electron chi connectivity index (χ1n) is 9.04. The summed E-state index contributed by atoms with van der Waals surface area (Å²) in [6.45, 7) is 7.06. The van der Waals surface area contributed by atoms with Crippen LogP contribution in [0, 0.1) is 5.92 Å². The van der Waals surface area contributed by atoms with Crippen LogP contribution in [0.3, 0.4) is 0 Å². The van der Waals surface area contributed by atoms with Gasteiger partial charge in [-0.3, -0.25) is 0 Å². The van der Waals surface area contributed by atoms with Gasteiger partial charge >= 0.3 is 6.09 Å². The fourth-order valence-corrected chi connectivity index (χ4v) is 3.21. The highest BCUT2D eigenvalue weighted by Crippen LogP contribution is 2.32. The van der Waals surface area contributed by atoms with Crippen LogP contribution in [0.15, 0.2) is 18.2 Å². The average Bonchev–Trinajstić information content (AvgIpc) is 2.50. The zero-order chi connectivity index (χ0) is 18.0. The number of rotatable bonds is 4. The van der Waals surface area contributed by atoms with E-state index in [1.165, 1.54) is 19.3 Å². The van der Waals surface area contributed by atoms with Crippen LogP contribution >= 0.6 is 0 Å². The van der Waals surface area contributed by atoms with Gasteiger partial charge in [-0.15, -0.1) is 0 Å². The van der Waals surface area contributed by atoms with Crippen molar-refractivity contribution in [2.45, 2.75) is 58.1 Å². The standard InChI is InChI=1S/C20H27NO4/c1-20(2,3)25-19(23)21-10-15-7-8-17(24-13-14-5-4-6-14)9-18(15)16(11-21)12-22/h7-9,12,14,16H,4-6,10-11,13H2,1-3H3. The molecule has 0 spiro atoms. The summed E-state index contributed by atoms with van der Waals surface area (Å²) < 4.78 is 11.3. The Kier molecular flexibility index (Phi) is 5.02. The first kappa shape index (κ1) is 17.8. The molecule has 1 aromatic carbocycles. The van der Waals surface area contributed by atoms with Gasteiger partial charge in [0.1, 0.15) is 17.6 Å². The van der Waals surface area contributed by atoms with Gasteiger partial charge in [0.15, 0.2) is 0 Å². The number of carbonyl (C=O) groups excluding carboxylic acids is 2. The minimum atomic E-state index is -0.548. The number of hydrogen-bond acceptors (Lipinski definition) is 4. The molecule has 1 aromatic rings. The zero-order valence-corrected chi connectivity index (χ0v) is 15.3. The molecule has 1 saturated carbocycles. The van der Waals surface area contributed by atoms with Crippen LogP contribution in [-0.2, 0) is 16.1 Å². The topological polar surface area (TPSA) is 55.8 Å². The van der Waals surface area contributed by atoms with Crippen molar-refractivity contribution in [3.63, 3.8) is 0 Å². The van der Waals surface area contributed by atoms with E-state index in [9.17, 15) is 9.59 Å². The minimum absolute atomic E-state index is 0.344. The van der Waals surface area contributed by atoms with E-state index < -0.39 is 5.60 Å². The zero-order valence-electron chi connectivity index (χ0n) is 15.3. The van der Waals surface area contributed by atoms with Crippen molar-refractivity contribution < 1.29 is 19.1 Å². The summed E-state index contributed by atoms with van der Waals surface area (Å²) >= 11 is 0. The van der Waals surface area contributed by atoms with E-state index in [4.69, 9.17) is 9.47 Å². The van der Waals surface area contributed by atoms with E-state index in [-0.39, 0.29) is 12.0 Å². The number of ether oxygens (including phenoxy) is 2. The van der Waals surface area contributed by atoms with Gasteiger partial charge in [0.05, 0.1) is 12.5 Å². The van der Waals surface area contributed by atoms with Gasteiger partial charge < -0.3 is 19.2 Å². The molecular weight excluding hydrogens is 318 g/mol. The van der Waals surface area contributed by atoms with Crippen molar-refractivity contribution in [3.8, 4) is 5.75 Å². The lowest BCUT2D eigenvalue weighted by molar-refractivity contribution is -0.109. The fourth-order valence-electron chi connectivity index (χ4n) is 3.21. The molecule has 2 aliphatic rings. The fraction of sp³-hybridized carbons (Fsp3) is 0.600. The molecule has 1 atom stereocenters. The molecule has 0 N–H and O–H groups in total. The van der Waals surface area contributed by atoms with Gasteiger partial charge in [-0.1, -0.05) is 12.5 Å². The predicted molar refractivity (Wildman–Crippen MR) is 94.7 cm³/mol. The number of aldehydes is 1. The first-order chi connectivity index (χ1) is 11.9. The van der Waals surface area contributed by atoms with E-state index in [0.717, 1.165) is 29.8 Å². The van der Waals surface area contributed by atoms with Gasteiger partial charge in [0.25, 0.3) is 0 Å². The minimum Gasteiger partial charge on any atom is -0.493 e. The predicted octanol–water partition coefficient (Wildman–Crippen LogP) is 3.90. The van der Waals surface area contributed by atoms with Crippen molar-refractivity contribution >= 4 is 12.4 Å². The summed E-state index contributed by atoms with van der Waals surface area (Å²) in [5.74, 6) is 1.13. The Morgan fingerprint density at radius 2 is 2.08 bits per heavy atom. The second-order valence-electron chi connectivity index (χ2n) is 8.07. The molecule has 0 radical (unpaired) electrons. The number of fused-ring (bicyclic) bond motifs is 1. The van der Waals surface area contributed by atoms with Crippen LogP contribution in [0.5, 0.6) is 5.75 Å². The summed E-state index contributed by atoms with van der Waals surface area (Å²) in [6.07, 6.45) is 4.31. The molecule has 5 nitrogen and oxygen atoms in total. The molecule has 25 heavy (non-hydrogen) atoms. The van der Waals surface area contributed by atoms with Crippen molar-refractivity contribution in [2.75, 3.05) is 13.2 Å². The van der Waals surface area contributed by atoms with E-state index >= 15 is 0 Å². The molecule has 136 valence electrons. The second-order valence-corrected chi connectivity index (χ2v) is 8.07. The molecule has 1 aliphatic carbocycles. The third kappa shape index (κ3) is 4.33. The Balaban J connectivity index is 1.71. The summed E-state index contributed by atoms with van der Waals surface area (Å²) in [4.78, 5) is 25.5. The van der Waals surface area contributed by atoms with Crippen LogP contribution in [0.4, 0.5) is 4.79 Å². The van der Waals surface area contributed by atoms with E-state index in [2.05, 4.69) is 0 Å². The van der Waals surface area contributed by atoms with Crippen molar-refractivity contribution in [1.82, 2.24) is 4.90 Å². The first-order valence-corrected chi connectivity index (χ1v) is 9.04. The second kappa shape index (κ2) is 7.06. The summed E-state index contributed by atoms with van der Waals surface area (Å²) in [5, 5.41) is 0. The van der Waals surface area contributed by atoms with Gasteiger partial charge in [-0.05, 0) is 62.8 Å². The summed E-state index contributed by atoms with van der Waals surface area (Å²) in [7, 11) is 0. The molecule has 5 heteroatoms. The van der Waals surface area contributed by atoms with Crippen LogP contribution < -0.4 is 4.74 Å². The number of benzene rings is 1. The third-order valence-corrected chi connectivity index (χ3v) is 4.82. The lowest BCUT2D eigenvalue weighted by atomic mass is 9.86. The van der Waals surface area contributed by atoms with Gasteiger partial charge in [-0.25, -0.2) is 4.79 Å². The molecule has 0 saturated heterocycles. The normalized spacial score (nSPS) is 20.4. The maximum Gasteiger partial charge on any atom is 0.410 e. The quantitative estimate of drug-likeness (QED) is 0.777. The number of nitrogens with zero attached hydrogens (tertiary/aromatic N) is 1. The number of hydrogen-bond donors (Lipinski definition) is 0. The largest absolute Gasteiger partial charge is 0.493 e. The Morgan fingerprint density at radius 3 is 2.68 bits per heavy atom. The third-order valence-electron chi connectivity index (χ3n) is 4.82. The van der Waals surface area contributed by atoms with Crippen molar-refractivity contribution in [3.05, 3.63) is 29.3 Å². The van der Waals surface area contributed by atoms with E-state index in [0.29, 0.717) is 19.0 Å². The molecular formula is C20H27NO4. The number of carbonyl (C=O) groups is 2. The number of amides is 1. The highest BCUT2D eigenvalue weighted by Gasteiger charge is 2.31. The monoisotopic (exact) mass is 345 g/mol. The molecule has 3 rings (SSSR count). The van der Waals surface area contributed by atoms with Gasteiger partial charge in [0.2, 0.25) is 0 Å². The Hall–Kier alpha value is -2.04. The molecule has 1 unspecified atom stereocenters. The molecule has 1 fully saturated rings. The van der Waals surface area contributed by atoms with Crippen LogP contribution in [0.2, 0.25) is 0 Å². The Labute approximate surface area is 149 Å². The molecule has 1 amide bonds.